The molecule has 1 aliphatic carbocycles. The number of hydrogen-bond acceptors (Lipinski definition) is 2. The van der Waals surface area contributed by atoms with Gasteiger partial charge < -0.3 is 5.32 Å². The third-order valence-electron chi connectivity index (χ3n) is 2.27. The van der Waals surface area contributed by atoms with Crippen molar-refractivity contribution < 1.29 is 13.6 Å². The zero-order valence-corrected chi connectivity index (χ0v) is 7.02. The molecule has 0 spiro atoms. The fourth-order valence-electron chi connectivity index (χ4n) is 1.26. The molecule has 3 nitrogen and oxygen atoms in total. The van der Waals surface area contributed by atoms with Crippen molar-refractivity contribution in [3.63, 3.8) is 0 Å². The molecular weight excluding hydrogens is 178 g/mol. The van der Waals surface area contributed by atoms with Crippen LogP contribution < -0.4 is 5.32 Å². The zero-order valence-electron chi connectivity index (χ0n) is 7.02. The van der Waals surface area contributed by atoms with Crippen LogP contribution in [0, 0.1) is 16.7 Å². The fourth-order valence-corrected chi connectivity index (χ4v) is 1.26. The second-order valence-corrected chi connectivity index (χ2v) is 3.15. The molecule has 0 bridgehead atoms. The van der Waals surface area contributed by atoms with Crippen molar-refractivity contribution >= 4 is 5.91 Å². The maximum atomic E-state index is 11.7. The van der Waals surface area contributed by atoms with Crippen molar-refractivity contribution in [2.24, 2.45) is 5.41 Å². The summed E-state index contributed by atoms with van der Waals surface area (Å²) in [6.07, 6.45) is -0.771. The molecule has 13 heavy (non-hydrogen) atoms. The number of halogens is 2. The Balaban J connectivity index is 2.43. The maximum absolute atomic E-state index is 11.7. The van der Waals surface area contributed by atoms with E-state index in [9.17, 15) is 13.6 Å². The van der Waals surface area contributed by atoms with Gasteiger partial charge in [-0.05, 0) is 19.3 Å². The van der Waals surface area contributed by atoms with Gasteiger partial charge in [0.05, 0.1) is 12.6 Å². The van der Waals surface area contributed by atoms with E-state index in [1.807, 2.05) is 6.07 Å². The zero-order chi connectivity index (χ0) is 9.90. The van der Waals surface area contributed by atoms with Crippen LogP contribution in [0.3, 0.4) is 0 Å². The Labute approximate surface area is 74.7 Å². The molecular formula is C8H10F2N2O. The highest BCUT2D eigenvalue weighted by atomic mass is 19.3. The molecule has 0 radical (unpaired) electrons. The first-order chi connectivity index (χ1) is 6.10. The van der Waals surface area contributed by atoms with Crippen molar-refractivity contribution in [3.8, 4) is 6.07 Å². The van der Waals surface area contributed by atoms with Crippen molar-refractivity contribution in [3.05, 3.63) is 0 Å². The van der Waals surface area contributed by atoms with E-state index in [-0.39, 0.29) is 0 Å². The molecule has 0 saturated heterocycles. The third kappa shape index (κ3) is 1.94. The molecule has 0 aromatic carbocycles. The molecule has 1 N–H and O–H groups in total. The van der Waals surface area contributed by atoms with E-state index < -0.39 is 24.3 Å². The number of amides is 1. The maximum Gasteiger partial charge on any atom is 0.255 e. The van der Waals surface area contributed by atoms with Crippen molar-refractivity contribution in [2.75, 3.05) is 6.54 Å². The highest BCUT2D eigenvalue weighted by Crippen LogP contribution is 2.40. The molecule has 1 fully saturated rings. The summed E-state index contributed by atoms with van der Waals surface area (Å²) < 4.78 is 23.4. The molecule has 0 aromatic heterocycles. The van der Waals surface area contributed by atoms with Gasteiger partial charge in [0.2, 0.25) is 5.91 Å². The van der Waals surface area contributed by atoms with Gasteiger partial charge in [0.1, 0.15) is 5.41 Å². The Morgan fingerprint density at radius 3 is 2.54 bits per heavy atom. The summed E-state index contributed by atoms with van der Waals surface area (Å²) in [5.41, 5.74) is -1.02. The predicted octanol–water partition coefficient (Wildman–Crippen LogP) is 1.06. The van der Waals surface area contributed by atoms with Gasteiger partial charge in [0.15, 0.2) is 0 Å². The van der Waals surface area contributed by atoms with Crippen LogP contribution in [0.15, 0.2) is 0 Å². The Kier molecular flexibility index (Phi) is 2.81. The number of nitrogens with one attached hydrogen (secondary N) is 1. The van der Waals surface area contributed by atoms with Crippen LogP contribution in [-0.4, -0.2) is 18.9 Å². The van der Waals surface area contributed by atoms with Gasteiger partial charge in [-0.1, -0.05) is 0 Å². The van der Waals surface area contributed by atoms with Crippen LogP contribution in [-0.2, 0) is 4.79 Å². The van der Waals surface area contributed by atoms with E-state index in [1.54, 1.807) is 0 Å². The van der Waals surface area contributed by atoms with Gasteiger partial charge >= 0.3 is 0 Å². The Morgan fingerprint density at radius 2 is 2.23 bits per heavy atom. The average Bonchev–Trinajstić information content (AvgIpc) is 2.00. The summed E-state index contributed by atoms with van der Waals surface area (Å²) >= 11 is 0. The summed E-state index contributed by atoms with van der Waals surface area (Å²) in [7, 11) is 0. The molecule has 0 aliphatic heterocycles. The Bertz CT molecular complexity index is 243. The summed E-state index contributed by atoms with van der Waals surface area (Å²) in [5.74, 6) is -0.554. The summed E-state index contributed by atoms with van der Waals surface area (Å²) in [6.45, 7) is -0.664. The van der Waals surface area contributed by atoms with Gasteiger partial charge in [-0.3, -0.25) is 4.79 Å². The molecule has 5 heteroatoms. The van der Waals surface area contributed by atoms with Gasteiger partial charge in [0.25, 0.3) is 6.43 Å². The van der Waals surface area contributed by atoms with Crippen LogP contribution in [0.4, 0.5) is 8.78 Å². The normalized spacial score (nSPS) is 18.9. The SMILES string of the molecule is N#CC1(C(=O)NCC(F)F)CCC1. The third-order valence-corrected chi connectivity index (χ3v) is 2.27. The fraction of sp³-hybridized carbons (Fsp3) is 0.750. The smallest absolute Gasteiger partial charge is 0.255 e. The first kappa shape index (κ1) is 9.90. The van der Waals surface area contributed by atoms with Crippen molar-refractivity contribution in [2.45, 2.75) is 25.7 Å². The van der Waals surface area contributed by atoms with E-state index in [0.29, 0.717) is 12.8 Å². The van der Waals surface area contributed by atoms with E-state index in [4.69, 9.17) is 5.26 Å². The lowest BCUT2D eigenvalue weighted by atomic mass is 9.69. The number of hydrogen-bond donors (Lipinski definition) is 1. The van der Waals surface area contributed by atoms with E-state index >= 15 is 0 Å². The first-order valence-corrected chi connectivity index (χ1v) is 4.08. The lowest BCUT2D eigenvalue weighted by Gasteiger charge is -2.33. The molecule has 0 aromatic rings. The van der Waals surface area contributed by atoms with Crippen LogP contribution in [0.1, 0.15) is 19.3 Å². The average molecular weight is 188 g/mol. The number of carbonyl (C=O) groups excluding carboxylic acids is 1. The van der Waals surface area contributed by atoms with E-state index in [1.165, 1.54) is 0 Å². The molecule has 1 saturated carbocycles. The molecule has 1 aliphatic rings. The number of alkyl halides is 2. The number of nitrogens with zero attached hydrogens (tertiary/aromatic N) is 1. The van der Waals surface area contributed by atoms with Crippen LogP contribution in [0.5, 0.6) is 0 Å². The second kappa shape index (κ2) is 3.69. The minimum Gasteiger partial charge on any atom is -0.349 e. The van der Waals surface area contributed by atoms with Gasteiger partial charge in [-0.25, -0.2) is 8.78 Å². The Hall–Kier alpha value is -1.18. The standard InChI is InChI=1S/C8H10F2N2O/c9-6(10)4-12-7(13)8(5-11)2-1-3-8/h6H,1-4H2,(H,12,13). The summed E-state index contributed by atoms with van der Waals surface area (Å²) in [4.78, 5) is 11.2. The number of rotatable bonds is 3. The lowest BCUT2D eigenvalue weighted by Crippen LogP contribution is -2.45. The monoisotopic (exact) mass is 188 g/mol. The highest BCUT2D eigenvalue weighted by molar-refractivity contribution is 5.86. The van der Waals surface area contributed by atoms with Crippen LogP contribution >= 0.6 is 0 Å². The predicted molar refractivity (Wildman–Crippen MR) is 40.9 cm³/mol. The van der Waals surface area contributed by atoms with Gasteiger partial charge in [-0.15, -0.1) is 0 Å². The van der Waals surface area contributed by atoms with Crippen molar-refractivity contribution in [1.82, 2.24) is 5.32 Å². The largest absolute Gasteiger partial charge is 0.349 e. The second-order valence-electron chi connectivity index (χ2n) is 3.15. The van der Waals surface area contributed by atoms with Crippen molar-refractivity contribution in [1.29, 1.82) is 5.26 Å². The molecule has 1 rings (SSSR count). The highest BCUT2D eigenvalue weighted by Gasteiger charge is 2.44. The minimum absolute atomic E-state index is 0.485. The Morgan fingerprint density at radius 1 is 1.62 bits per heavy atom. The number of carbonyl (C=O) groups is 1. The van der Waals surface area contributed by atoms with E-state index in [0.717, 1.165) is 6.42 Å². The molecule has 0 heterocycles. The first-order valence-electron chi connectivity index (χ1n) is 4.08. The topological polar surface area (TPSA) is 52.9 Å². The summed E-state index contributed by atoms with van der Waals surface area (Å²) in [5, 5.41) is 10.7. The van der Waals surface area contributed by atoms with Crippen LogP contribution in [0.2, 0.25) is 0 Å². The number of nitriles is 1. The minimum atomic E-state index is -2.56. The van der Waals surface area contributed by atoms with Crippen LogP contribution in [0.25, 0.3) is 0 Å². The summed E-state index contributed by atoms with van der Waals surface area (Å²) in [6, 6.07) is 1.88. The molecule has 0 atom stereocenters. The quantitative estimate of drug-likeness (QED) is 0.720. The lowest BCUT2D eigenvalue weighted by molar-refractivity contribution is -0.132. The molecule has 1 amide bonds. The van der Waals surface area contributed by atoms with E-state index in [2.05, 4.69) is 5.32 Å². The molecule has 72 valence electrons. The molecule has 0 unspecified atom stereocenters. The van der Waals surface area contributed by atoms with Gasteiger partial charge in [0, 0.05) is 0 Å². The van der Waals surface area contributed by atoms with Gasteiger partial charge in [-0.2, -0.15) is 5.26 Å².